The van der Waals surface area contributed by atoms with Crippen LogP contribution < -0.4 is 73.2 Å². The van der Waals surface area contributed by atoms with Crippen LogP contribution in [0.1, 0.15) is 0 Å². The first-order valence-corrected chi connectivity index (χ1v) is 14.0. The van der Waals surface area contributed by atoms with Gasteiger partial charge in [0.1, 0.15) is 52.7 Å². The molecule has 0 radical (unpaired) electrons. The normalized spacial score (nSPS) is 11.1. The van der Waals surface area contributed by atoms with E-state index in [2.05, 4.69) is 9.47 Å². The number of ether oxygens (including phenoxy) is 2. The topological polar surface area (TPSA) is 58.9 Å². The van der Waals surface area contributed by atoms with E-state index in [9.17, 15) is 52.7 Å². The van der Waals surface area contributed by atoms with E-state index >= 15 is 35.1 Å². The third-order valence-electron chi connectivity index (χ3n) is 7.18. The number of halogens is 20. The minimum Gasteiger partial charge on any atom is -0.394 e. The van der Waals surface area contributed by atoms with E-state index in [1.807, 2.05) is 0 Å². The molecule has 0 spiro atoms. The van der Waals surface area contributed by atoms with Gasteiger partial charge in [-0.25, -0.2) is 87.8 Å². The molecule has 2 N–H and O–H groups in total. The van der Waals surface area contributed by atoms with E-state index < -0.39 is 144 Å². The largest absolute Gasteiger partial charge is 1.00 e. The molecule has 0 aromatic heterocycles. The Kier molecular flexibility index (Phi) is 18.8. The minimum atomic E-state index is -7.22. The quantitative estimate of drug-likeness (QED) is 0.0939. The summed E-state index contributed by atoms with van der Waals surface area (Å²) in [5.74, 6) is -71.4. The molecule has 0 fully saturated rings. The average molecular weight is 870 g/mol. The third kappa shape index (κ3) is 8.72. The zero-order valence-electron chi connectivity index (χ0n) is 27.7. The van der Waals surface area contributed by atoms with Crippen molar-refractivity contribution in [1.29, 1.82) is 0 Å². The molecule has 4 nitrogen and oxygen atoms in total. The molecule has 304 valence electrons. The van der Waals surface area contributed by atoms with Crippen molar-refractivity contribution in [2.24, 2.45) is 0 Å². The van der Waals surface area contributed by atoms with Gasteiger partial charge in [-0.2, -0.15) is 0 Å². The number of aliphatic hydroxyl groups is 2. The van der Waals surface area contributed by atoms with Crippen molar-refractivity contribution >= 4 is 28.0 Å². The van der Waals surface area contributed by atoms with Gasteiger partial charge in [-0.1, -0.05) is 0 Å². The van der Waals surface area contributed by atoms with Crippen LogP contribution in [-0.4, -0.2) is 57.0 Å². The Hall–Kier alpha value is -2.98. The van der Waals surface area contributed by atoms with Gasteiger partial charge < -0.3 is 19.7 Å². The minimum absolute atomic E-state index is 0. The molecule has 4 aromatic carbocycles. The van der Waals surface area contributed by atoms with Gasteiger partial charge in [0.2, 0.25) is 0 Å². The molecule has 0 bridgehead atoms. The molecule has 0 heterocycles. The Balaban J connectivity index is 0.00000127. The number of hydrogen-bond donors (Lipinski definition) is 2. The van der Waals surface area contributed by atoms with Crippen molar-refractivity contribution in [2.75, 3.05) is 40.6 Å². The number of hydrogen-bond acceptors (Lipinski definition) is 4. The van der Waals surface area contributed by atoms with Crippen molar-refractivity contribution in [2.45, 2.75) is 0 Å². The predicted octanol–water partition coefficient (Wildman–Crippen LogP) is 2.10. The SMILES string of the molecule is COC.Fc1c(F)c(F)c([B-](c2c(F)c(F)c(F)c(F)c2F)(c2c(F)c(F)c(F)c(F)c2F)c2c(F)c(F)c(F)c(F)c2F)c(F)c1F.OCCOCCO.[K+]. The fourth-order valence-corrected chi connectivity index (χ4v) is 5.11. The van der Waals surface area contributed by atoms with Crippen LogP contribution in [0.2, 0.25) is 0 Å². The predicted molar refractivity (Wildman–Crippen MR) is 147 cm³/mol. The van der Waals surface area contributed by atoms with Crippen LogP contribution >= 0.6 is 0 Å². The molecular weight excluding hydrogens is 854 g/mol. The first-order chi connectivity index (χ1) is 25.5. The summed E-state index contributed by atoms with van der Waals surface area (Å²) >= 11 is 0. The smallest absolute Gasteiger partial charge is 0.394 e. The van der Waals surface area contributed by atoms with Gasteiger partial charge in [-0.15, -0.1) is 21.9 Å². The maximum atomic E-state index is 15.4. The Morgan fingerprint density at radius 2 is 0.446 bits per heavy atom. The molecule has 56 heavy (non-hydrogen) atoms. The van der Waals surface area contributed by atoms with Crippen LogP contribution in [0.3, 0.4) is 0 Å². The molecule has 0 saturated heterocycles. The second-order valence-corrected chi connectivity index (χ2v) is 10.3. The molecule has 4 rings (SSSR count). The second kappa shape index (κ2) is 20.6. The summed E-state index contributed by atoms with van der Waals surface area (Å²) in [4.78, 5) is 0. The number of benzene rings is 4. The zero-order valence-corrected chi connectivity index (χ0v) is 30.8. The number of methoxy groups -OCH3 is 1. The van der Waals surface area contributed by atoms with Gasteiger partial charge in [0, 0.05) is 14.2 Å². The summed E-state index contributed by atoms with van der Waals surface area (Å²) < 4.78 is 303. The van der Waals surface area contributed by atoms with Gasteiger partial charge >= 0.3 is 51.4 Å². The molecule has 0 saturated carbocycles. The maximum Gasteiger partial charge on any atom is 1.00 e. The Bertz CT molecular complexity index is 1700. The van der Waals surface area contributed by atoms with Crippen LogP contribution in [-0.2, 0) is 9.47 Å². The molecule has 0 amide bonds. The van der Waals surface area contributed by atoms with E-state index in [0.29, 0.717) is 13.2 Å². The van der Waals surface area contributed by atoms with Crippen molar-refractivity contribution < 1.29 is 159 Å². The summed E-state index contributed by atoms with van der Waals surface area (Å²) in [5.41, 5.74) is -14.3. The van der Waals surface area contributed by atoms with E-state index in [1.54, 1.807) is 14.2 Å². The van der Waals surface area contributed by atoms with Gasteiger partial charge in [0.25, 0.3) is 0 Å². The molecule has 0 aliphatic heterocycles. The van der Waals surface area contributed by atoms with E-state index in [4.69, 9.17) is 10.2 Å². The Morgan fingerprint density at radius 1 is 0.321 bits per heavy atom. The fourth-order valence-electron chi connectivity index (χ4n) is 5.11. The molecule has 4 aromatic rings. The van der Waals surface area contributed by atoms with Crippen molar-refractivity contribution in [3.8, 4) is 0 Å². The number of aliphatic hydroxyl groups excluding tert-OH is 2. The van der Waals surface area contributed by atoms with Gasteiger partial charge in [0.15, 0.2) is 69.8 Å². The zero-order chi connectivity index (χ0) is 42.6. The van der Waals surface area contributed by atoms with Crippen LogP contribution in [0, 0.1) is 116 Å². The van der Waals surface area contributed by atoms with E-state index in [1.165, 1.54) is 0 Å². The summed E-state index contributed by atoms with van der Waals surface area (Å²) in [5, 5.41) is 16.2. The average Bonchev–Trinajstić information content (AvgIpc) is 3.15. The van der Waals surface area contributed by atoms with Crippen LogP contribution in [0.5, 0.6) is 0 Å². The van der Waals surface area contributed by atoms with E-state index in [0.717, 1.165) is 0 Å². The summed E-state index contributed by atoms with van der Waals surface area (Å²) in [6.07, 6.45) is -7.22. The van der Waals surface area contributed by atoms with Gasteiger partial charge in [0.05, 0.1) is 26.4 Å². The first-order valence-electron chi connectivity index (χ1n) is 14.0. The van der Waals surface area contributed by atoms with Crippen LogP contribution in [0.4, 0.5) is 87.8 Å². The second-order valence-electron chi connectivity index (χ2n) is 10.3. The Labute approximate surface area is 342 Å². The summed E-state index contributed by atoms with van der Waals surface area (Å²) in [6, 6.07) is 0. The monoisotopic (exact) mass is 870 g/mol. The molecular formula is C30H16BF20KO4. The summed E-state index contributed by atoms with van der Waals surface area (Å²) in [6.45, 7) is 0.696. The van der Waals surface area contributed by atoms with Gasteiger partial charge in [-0.05, 0) is 0 Å². The third-order valence-corrected chi connectivity index (χ3v) is 7.18. The number of rotatable bonds is 8. The fraction of sp³-hybridized carbons (Fsp3) is 0.200. The molecule has 0 atom stereocenters. The standard InChI is InChI=1S/C24BF20.C4H10O3.C2H6O.K/c26-5-1(6(27)14(35)21(42)13(5)34)25(2-7(28)15(36)22(43)16(37)8(2)29,3-9(30)17(38)23(44)18(39)10(3)31)4-11(32)19(40)24(45)20(41)12(4)33;5-1-3-7-4-2-6;1-3-2;/h;5-6H,1-4H2;1-2H3;/q-1;;;+1. The molecule has 0 unspecified atom stereocenters. The van der Waals surface area contributed by atoms with Gasteiger partial charge in [-0.3, -0.25) is 0 Å². The first kappa shape index (κ1) is 51.0. The van der Waals surface area contributed by atoms with Crippen LogP contribution in [0.25, 0.3) is 0 Å². The van der Waals surface area contributed by atoms with Crippen molar-refractivity contribution in [3.05, 3.63) is 116 Å². The molecule has 26 heteroatoms. The molecule has 0 aliphatic carbocycles. The van der Waals surface area contributed by atoms with E-state index in [-0.39, 0.29) is 64.6 Å². The van der Waals surface area contributed by atoms with Crippen LogP contribution in [0.15, 0.2) is 0 Å². The molecule has 0 aliphatic rings. The van der Waals surface area contributed by atoms with Crippen molar-refractivity contribution in [3.63, 3.8) is 0 Å². The Morgan fingerprint density at radius 3 is 0.571 bits per heavy atom. The maximum absolute atomic E-state index is 15.4. The van der Waals surface area contributed by atoms with Crippen molar-refractivity contribution in [1.82, 2.24) is 0 Å². The summed E-state index contributed by atoms with van der Waals surface area (Å²) in [7, 11) is 3.25.